The Morgan fingerprint density at radius 3 is 2.85 bits per heavy atom. The maximum atomic E-state index is 13.6. The molecule has 0 saturated carbocycles. The van der Waals surface area contributed by atoms with Crippen LogP contribution >= 0.6 is 0 Å². The van der Waals surface area contributed by atoms with Gasteiger partial charge in [-0.3, -0.25) is 4.79 Å². The maximum Gasteiger partial charge on any atom is 0.332 e. The molecule has 1 aromatic carbocycles. The van der Waals surface area contributed by atoms with Crippen molar-refractivity contribution in [3.63, 3.8) is 0 Å². The molecule has 0 radical (unpaired) electrons. The number of hydroxylamine groups is 2. The van der Waals surface area contributed by atoms with Gasteiger partial charge in [0.15, 0.2) is 0 Å². The Labute approximate surface area is 115 Å². The van der Waals surface area contributed by atoms with Crippen LogP contribution in [0.4, 0.5) is 8.78 Å². The minimum atomic E-state index is -0.650. The van der Waals surface area contributed by atoms with Crippen LogP contribution in [0.2, 0.25) is 0 Å². The molecule has 2 rings (SSSR count). The molecule has 20 heavy (non-hydrogen) atoms. The van der Waals surface area contributed by atoms with E-state index in [1.807, 2.05) is 6.92 Å². The number of halogens is 2. The molecule has 1 amide bonds. The standard InChI is InChI=1S/C14H15F2NO3/c1-2-3-14(19)20-17(8-18)11-5-9-4-10(15)6-13(16)12(9)7-11/h4,6,8,11H,2-3,5,7H2,1H3. The minimum absolute atomic E-state index is 0.201. The fraction of sp³-hybridized carbons (Fsp3) is 0.429. The molecule has 0 bridgehead atoms. The number of rotatable bonds is 5. The third-order valence-corrected chi connectivity index (χ3v) is 3.27. The lowest BCUT2D eigenvalue weighted by molar-refractivity contribution is -0.198. The molecule has 0 N–H and O–H groups in total. The van der Waals surface area contributed by atoms with Crippen LogP contribution in [0.1, 0.15) is 30.9 Å². The van der Waals surface area contributed by atoms with Crippen LogP contribution in [-0.4, -0.2) is 23.5 Å². The molecule has 1 aliphatic rings. The maximum absolute atomic E-state index is 13.6. The van der Waals surface area contributed by atoms with Crippen LogP contribution in [0.15, 0.2) is 12.1 Å². The molecule has 1 aromatic rings. The number of carbonyl (C=O) groups is 2. The van der Waals surface area contributed by atoms with Gasteiger partial charge >= 0.3 is 5.97 Å². The normalized spacial score (nSPS) is 16.6. The molecule has 0 fully saturated rings. The van der Waals surface area contributed by atoms with Gasteiger partial charge in [0.1, 0.15) is 11.6 Å². The van der Waals surface area contributed by atoms with Gasteiger partial charge in [0.25, 0.3) is 0 Å². The summed E-state index contributed by atoms with van der Waals surface area (Å²) >= 11 is 0. The van der Waals surface area contributed by atoms with Crippen molar-refractivity contribution in [3.05, 3.63) is 34.9 Å². The van der Waals surface area contributed by atoms with Crippen LogP contribution in [-0.2, 0) is 27.3 Å². The summed E-state index contributed by atoms with van der Waals surface area (Å²) in [5, 5.41) is 0.898. The highest BCUT2D eigenvalue weighted by atomic mass is 19.1. The van der Waals surface area contributed by atoms with E-state index in [2.05, 4.69) is 0 Å². The average Bonchev–Trinajstić information content (AvgIpc) is 2.80. The molecular weight excluding hydrogens is 268 g/mol. The van der Waals surface area contributed by atoms with Gasteiger partial charge < -0.3 is 4.84 Å². The molecule has 0 saturated heterocycles. The van der Waals surface area contributed by atoms with Gasteiger partial charge in [-0.25, -0.2) is 13.6 Å². The van der Waals surface area contributed by atoms with E-state index in [0.717, 1.165) is 11.1 Å². The Morgan fingerprint density at radius 1 is 1.45 bits per heavy atom. The molecular formula is C14H15F2NO3. The minimum Gasteiger partial charge on any atom is -0.338 e. The lowest BCUT2D eigenvalue weighted by Crippen LogP contribution is -2.36. The monoisotopic (exact) mass is 283 g/mol. The summed E-state index contributed by atoms with van der Waals surface area (Å²) in [5.41, 5.74) is 0.876. The van der Waals surface area contributed by atoms with Gasteiger partial charge in [0.2, 0.25) is 6.41 Å². The van der Waals surface area contributed by atoms with E-state index in [9.17, 15) is 18.4 Å². The predicted octanol–water partition coefficient (Wildman–Crippen LogP) is 2.15. The van der Waals surface area contributed by atoms with Crippen LogP contribution in [0.3, 0.4) is 0 Å². The molecule has 108 valence electrons. The summed E-state index contributed by atoms with van der Waals surface area (Å²) in [5.74, 6) is -1.79. The highest BCUT2D eigenvalue weighted by Gasteiger charge is 2.31. The van der Waals surface area contributed by atoms with Gasteiger partial charge in [0.05, 0.1) is 6.04 Å². The largest absolute Gasteiger partial charge is 0.338 e. The summed E-state index contributed by atoms with van der Waals surface area (Å²) in [4.78, 5) is 27.4. The molecule has 6 heteroatoms. The van der Waals surface area contributed by atoms with E-state index in [4.69, 9.17) is 4.84 Å². The molecule has 1 atom stereocenters. The number of benzene rings is 1. The Hall–Kier alpha value is -1.98. The lowest BCUT2D eigenvalue weighted by Gasteiger charge is -2.22. The summed E-state index contributed by atoms with van der Waals surface area (Å²) in [7, 11) is 0. The number of hydrogen-bond donors (Lipinski definition) is 0. The van der Waals surface area contributed by atoms with E-state index in [0.29, 0.717) is 24.0 Å². The number of hydrogen-bond acceptors (Lipinski definition) is 3. The van der Waals surface area contributed by atoms with Crippen molar-refractivity contribution in [3.8, 4) is 0 Å². The molecule has 0 heterocycles. The molecule has 1 unspecified atom stereocenters. The van der Waals surface area contributed by atoms with Crippen molar-refractivity contribution < 1.29 is 23.2 Å². The SMILES string of the molecule is CCCC(=O)ON(C=O)C1Cc2cc(F)cc(F)c2C1. The van der Waals surface area contributed by atoms with Crippen molar-refractivity contribution in [2.24, 2.45) is 0 Å². The first-order valence-electron chi connectivity index (χ1n) is 6.46. The highest BCUT2D eigenvalue weighted by molar-refractivity contribution is 5.70. The van der Waals surface area contributed by atoms with E-state index < -0.39 is 23.6 Å². The van der Waals surface area contributed by atoms with Crippen molar-refractivity contribution in [1.82, 2.24) is 5.06 Å². The number of fused-ring (bicyclic) bond motifs is 1. The quantitative estimate of drug-likeness (QED) is 0.614. The van der Waals surface area contributed by atoms with Crippen LogP contribution in [0.25, 0.3) is 0 Å². The second kappa shape index (κ2) is 5.98. The second-order valence-electron chi connectivity index (χ2n) is 4.77. The molecule has 0 aromatic heterocycles. The third kappa shape index (κ3) is 2.95. The number of nitrogens with zero attached hydrogens (tertiary/aromatic N) is 1. The van der Waals surface area contributed by atoms with Gasteiger partial charge in [-0.05, 0) is 36.5 Å². The summed E-state index contributed by atoms with van der Waals surface area (Å²) < 4.78 is 26.8. The van der Waals surface area contributed by atoms with Gasteiger partial charge in [0, 0.05) is 12.5 Å². The topological polar surface area (TPSA) is 46.6 Å². The first kappa shape index (κ1) is 14.4. The van der Waals surface area contributed by atoms with Crippen molar-refractivity contribution in [1.29, 1.82) is 0 Å². The van der Waals surface area contributed by atoms with Gasteiger partial charge in [-0.15, -0.1) is 0 Å². The van der Waals surface area contributed by atoms with Crippen LogP contribution in [0, 0.1) is 11.6 Å². The first-order valence-corrected chi connectivity index (χ1v) is 6.46. The number of carbonyl (C=O) groups excluding carboxylic acids is 2. The van der Waals surface area contributed by atoms with E-state index in [1.54, 1.807) is 0 Å². The average molecular weight is 283 g/mol. The number of amides is 1. The van der Waals surface area contributed by atoms with Crippen LogP contribution < -0.4 is 0 Å². The first-order chi connectivity index (χ1) is 9.55. The van der Waals surface area contributed by atoms with Gasteiger partial charge in [-0.2, -0.15) is 5.06 Å². The fourth-order valence-electron chi connectivity index (χ4n) is 2.36. The van der Waals surface area contributed by atoms with E-state index in [1.165, 1.54) is 6.07 Å². The van der Waals surface area contributed by atoms with E-state index in [-0.39, 0.29) is 19.3 Å². The van der Waals surface area contributed by atoms with Gasteiger partial charge in [-0.1, -0.05) is 6.92 Å². The van der Waals surface area contributed by atoms with Crippen molar-refractivity contribution in [2.45, 2.75) is 38.6 Å². The van der Waals surface area contributed by atoms with E-state index >= 15 is 0 Å². The predicted molar refractivity (Wildman–Crippen MR) is 66.5 cm³/mol. The second-order valence-corrected chi connectivity index (χ2v) is 4.77. The Balaban J connectivity index is 2.10. The fourth-order valence-corrected chi connectivity index (χ4v) is 2.36. The zero-order chi connectivity index (χ0) is 14.7. The Kier molecular flexibility index (Phi) is 4.32. The smallest absolute Gasteiger partial charge is 0.332 e. The van der Waals surface area contributed by atoms with Crippen molar-refractivity contribution in [2.75, 3.05) is 0 Å². The Morgan fingerprint density at radius 2 is 2.20 bits per heavy atom. The summed E-state index contributed by atoms with van der Waals surface area (Å²) in [6, 6.07) is 1.57. The molecule has 4 nitrogen and oxygen atoms in total. The lowest BCUT2D eigenvalue weighted by atomic mass is 10.1. The van der Waals surface area contributed by atoms with Crippen molar-refractivity contribution >= 4 is 12.4 Å². The Bertz CT molecular complexity index is 533. The summed E-state index contributed by atoms with van der Waals surface area (Å²) in [6.07, 6.45) is 1.68. The third-order valence-electron chi connectivity index (χ3n) is 3.27. The molecule has 0 spiro atoms. The summed E-state index contributed by atoms with van der Waals surface area (Å²) in [6.45, 7) is 1.82. The molecule has 0 aliphatic heterocycles. The zero-order valence-electron chi connectivity index (χ0n) is 11.1. The zero-order valence-corrected chi connectivity index (χ0v) is 11.1. The molecule has 1 aliphatic carbocycles. The highest BCUT2D eigenvalue weighted by Crippen LogP contribution is 2.28. The van der Waals surface area contributed by atoms with Crippen LogP contribution in [0.5, 0.6) is 0 Å².